The zero-order valence-electron chi connectivity index (χ0n) is 12.0. The van der Waals surface area contributed by atoms with Crippen molar-refractivity contribution in [1.82, 2.24) is 0 Å². The summed E-state index contributed by atoms with van der Waals surface area (Å²) in [6.07, 6.45) is 3.82. The zero-order chi connectivity index (χ0) is 13.7. The smallest absolute Gasteiger partial charge is 0.216 e. The van der Waals surface area contributed by atoms with Crippen LogP contribution in [0.3, 0.4) is 0 Å². The van der Waals surface area contributed by atoms with Gasteiger partial charge in [-0.15, -0.1) is 0 Å². The van der Waals surface area contributed by atoms with E-state index in [0.29, 0.717) is 6.54 Å². The lowest BCUT2D eigenvalue weighted by Gasteiger charge is -2.40. The molecule has 1 aromatic rings. The van der Waals surface area contributed by atoms with Crippen LogP contribution in [0, 0.1) is 0 Å². The van der Waals surface area contributed by atoms with Gasteiger partial charge in [0.1, 0.15) is 12.3 Å². The normalized spacial score (nSPS) is 18.0. The maximum atomic E-state index is 12.4. The monoisotopic (exact) mass is 262 g/mol. The molecule has 0 atom stereocenters. The molecule has 2 rings (SSSR count). The highest BCUT2D eigenvalue weighted by molar-refractivity contribution is 5.97. The Morgan fingerprint density at radius 1 is 1.16 bits per heavy atom. The zero-order valence-corrected chi connectivity index (χ0v) is 12.0. The molecule has 0 aromatic heterocycles. The number of benzene rings is 1. The van der Waals surface area contributed by atoms with Crippen LogP contribution >= 0.6 is 0 Å². The molecule has 1 saturated heterocycles. The van der Waals surface area contributed by atoms with E-state index in [1.807, 2.05) is 24.3 Å². The maximum absolute atomic E-state index is 12.4. The highest BCUT2D eigenvalue weighted by Crippen LogP contribution is 2.20. The molecule has 0 aliphatic carbocycles. The molecule has 3 heteroatoms. The van der Waals surface area contributed by atoms with E-state index in [4.69, 9.17) is 4.74 Å². The van der Waals surface area contributed by atoms with Crippen LogP contribution in [0.4, 0.5) is 0 Å². The summed E-state index contributed by atoms with van der Waals surface area (Å²) in [6, 6.07) is 7.47. The molecule has 19 heavy (non-hydrogen) atoms. The number of hydrogen-bond donors (Lipinski definition) is 0. The first-order valence-corrected chi connectivity index (χ1v) is 7.21. The Morgan fingerprint density at radius 3 is 2.32 bits per heavy atom. The molecule has 3 nitrogen and oxygen atoms in total. The minimum atomic E-state index is 0.256. The minimum Gasteiger partial charge on any atom is -0.497 e. The van der Waals surface area contributed by atoms with Gasteiger partial charge in [-0.1, -0.05) is 0 Å². The van der Waals surface area contributed by atoms with Crippen molar-refractivity contribution in [3.63, 3.8) is 0 Å². The Kier molecular flexibility index (Phi) is 4.59. The number of rotatable bonds is 5. The number of carbonyl (C=O) groups is 1. The highest BCUT2D eigenvalue weighted by Gasteiger charge is 2.30. The van der Waals surface area contributed by atoms with E-state index in [2.05, 4.69) is 6.92 Å². The molecule has 1 aliphatic rings. The third-order valence-corrected chi connectivity index (χ3v) is 4.33. The van der Waals surface area contributed by atoms with Gasteiger partial charge in [-0.05, 0) is 50.5 Å². The van der Waals surface area contributed by atoms with Crippen molar-refractivity contribution >= 4 is 5.78 Å². The molecular formula is C16H24NO2+. The van der Waals surface area contributed by atoms with Crippen LogP contribution < -0.4 is 4.74 Å². The van der Waals surface area contributed by atoms with Crippen LogP contribution in [0.1, 0.15) is 36.5 Å². The van der Waals surface area contributed by atoms with Gasteiger partial charge in [-0.2, -0.15) is 0 Å². The number of ketones is 1. The molecule has 104 valence electrons. The van der Waals surface area contributed by atoms with Crippen molar-refractivity contribution in [3.8, 4) is 5.75 Å². The molecule has 0 radical (unpaired) electrons. The van der Waals surface area contributed by atoms with Crippen molar-refractivity contribution in [1.29, 1.82) is 0 Å². The average molecular weight is 262 g/mol. The quantitative estimate of drug-likeness (QED) is 0.602. The van der Waals surface area contributed by atoms with Gasteiger partial charge in [-0.3, -0.25) is 4.79 Å². The summed E-state index contributed by atoms with van der Waals surface area (Å²) in [4.78, 5) is 12.4. The van der Waals surface area contributed by atoms with Crippen molar-refractivity contribution in [2.45, 2.75) is 26.2 Å². The van der Waals surface area contributed by atoms with Crippen LogP contribution in [0.2, 0.25) is 0 Å². The standard InChI is InChI=1S/C16H24NO2/c1-3-17(11-5-4-6-12-17)13-16(18)14-7-9-15(19-2)10-8-14/h7-10H,3-6,11-13H2,1-2H3/q+1. The van der Waals surface area contributed by atoms with E-state index in [0.717, 1.165) is 35.4 Å². The van der Waals surface area contributed by atoms with Crippen LogP contribution in [-0.4, -0.2) is 43.6 Å². The van der Waals surface area contributed by atoms with Crippen LogP contribution in [0.25, 0.3) is 0 Å². The largest absolute Gasteiger partial charge is 0.497 e. The first-order chi connectivity index (χ1) is 9.19. The van der Waals surface area contributed by atoms with E-state index in [1.165, 1.54) is 19.3 Å². The lowest BCUT2D eigenvalue weighted by molar-refractivity contribution is -0.923. The van der Waals surface area contributed by atoms with E-state index in [9.17, 15) is 4.79 Å². The number of methoxy groups -OCH3 is 1. The van der Waals surface area contributed by atoms with Crippen LogP contribution in [-0.2, 0) is 0 Å². The molecular weight excluding hydrogens is 238 g/mol. The second-order valence-electron chi connectivity index (χ2n) is 5.48. The summed E-state index contributed by atoms with van der Waals surface area (Å²) < 4.78 is 6.09. The number of Topliss-reactive ketones (excluding diaryl/α,β-unsaturated/α-hetero) is 1. The van der Waals surface area contributed by atoms with Gasteiger partial charge in [0, 0.05) is 5.56 Å². The first-order valence-electron chi connectivity index (χ1n) is 7.21. The maximum Gasteiger partial charge on any atom is 0.216 e. The van der Waals surface area contributed by atoms with E-state index in [1.54, 1.807) is 7.11 Å². The number of likely N-dealkylation sites (tertiary alicyclic amines) is 1. The second-order valence-corrected chi connectivity index (χ2v) is 5.48. The molecule has 0 spiro atoms. The Bertz CT molecular complexity index is 419. The molecule has 1 aliphatic heterocycles. The summed E-state index contributed by atoms with van der Waals surface area (Å²) in [6.45, 7) is 6.20. The summed E-state index contributed by atoms with van der Waals surface area (Å²) in [7, 11) is 1.64. The van der Waals surface area contributed by atoms with Crippen molar-refractivity contribution < 1.29 is 14.0 Å². The molecule has 0 N–H and O–H groups in total. The van der Waals surface area contributed by atoms with Crippen LogP contribution in [0.5, 0.6) is 5.75 Å². The Hall–Kier alpha value is -1.35. The van der Waals surface area contributed by atoms with Crippen molar-refractivity contribution in [2.24, 2.45) is 0 Å². The number of carbonyl (C=O) groups excluding carboxylic acids is 1. The molecule has 0 bridgehead atoms. The van der Waals surface area contributed by atoms with Crippen molar-refractivity contribution in [2.75, 3.05) is 33.3 Å². The fourth-order valence-electron chi connectivity index (χ4n) is 2.94. The second kappa shape index (κ2) is 6.20. The van der Waals surface area contributed by atoms with Gasteiger partial charge in [0.25, 0.3) is 0 Å². The predicted molar refractivity (Wildman–Crippen MR) is 76.6 cm³/mol. The topological polar surface area (TPSA) is 26.3 Å². The third-order valence-electron chi connectivity index (χ3n) is 4.33. The molecule has 0 amide bonds. The van der Waals surface area contributed by atoms with Gasteiger partial charge in [-0.25, -0.2) is 0 Å². The molecule has 1 heterocycles. The Morgan fingerprint density at radius 2 is 1.79 bits per heavy atom. The average Bonchev–Trinajstić information content (AvgIpc) is 2.48. The van der Waals surface area contributed by atoms with E-state index < -0.39 is 0 Å². The summed E-state index contributed by atoms with van der Waals surface area (Å²) in [5.74, 6) is 1.06. The SMILES string of the molecule is CC[N+]1(CC(=O)c2ccc(OC)cc2)CCCCC1. The Balaban J connectivity index is 2.06. The van der Waals surface area contributed by atoms with E-state index in [-0.39, 0.29) is 5.78 Å². The highest BCUT2D eigenvalue weighted by atomic mass is 16.5. The lowest BCUT2D eigenvalue weighted by Crippen LogP contribution is -2.54. The minimum absolute atomic E-state index is 0.256. The fourth-order valence-corrected chi connectivity index (χ4v) is 2.94. The van der Waals surface area contributed by atoms with Gasteiger partial charge in [0.15, 0.2) is 0 Å². The van der Waals surface area contributed by atoms with Gasteiger partial charge < -0.3 is 9.22 Å². The number of ether oxygens (including phenoxy) is 1. The third kappa shape index (κ3) is 3.35. The number of likely N-dealkylation sites (N-methyl/N-ethyl adjacent to an activating group) is 1. The van der Waals surface area contributed by atoms with Crippen LogP contribution in [0.15, 0.2) is 24.3 Å². The van der Waals surface area contributed by atoms with E-state index >= 15 is 0 Å². The predicted octanol–water partition coefficient (Wildman–Crippen LogP) is 2.90. The lowest BCUT2D eigenvalue weighted by atomic mass is 10.0. The Labute approximate surface area is 115 Å². The molecule has 0 unspecified atom stereocenters. The fraction of sp³-hybridized carbons (Fsp3) is 0.562. The number of piperidine rings is 1. The number of quaternary nitrogens is 1. The van der Waals surface area contributed by atoms with Crippen molar-refractivity contribution in [3.05, 3.63) is 29.8 Å². The van der Waals surface area contributed by atoms with Gasteiger partial charge in [0.05, 0.1) is 26.7 Å². The first kappa shape index (κ1) is 14.1. The van der Waals surface area contributed by atoms with Gasteiger partial charge >= 0.3 is 0 Å². The molecule has 1 fully saturated rings. The number of hydrogen-bond acceptors (Lipinski definition) is 2. The molecule has 0 saturated carbocycles. The summed E-state index contributed by atoms with van der Waals surface area (Å²) in [5.41, 5.74) is 0.803. The summed E-state index contributed by atoms with van der Waals surface area (Å²) in [5, 5.41) is 0. The summed E-state index contributed by atoms with van der Waals surface area (Å²) >= 11 is 0. The van der Waals surface area contributed by atoms with Gasteiger partial charge in [0.2, 0.25) is 5.78 Å². The number of nitrogens with zero attached hydrogens (tertiary/aromatic N) is 1. The molecule has 1 aromatic carbocycles.